The van der Waals surface area contributed by atoms with Gasteiger partial charge in [0.05, 0.1) is 0 Å². The van der Waals surface area contributed by atoms with E-state index in [0.717, 1.165) is 5.75 Å². The molecule has 0 aromatic heterocycles. The minimum atomic E-state index is 1.02. The number of hydrogen-bond acceptors (Lipinski definition) is 1. The van der Waals surface area contributed by atoms with Gasteiger partial charge in [-0.1, -0.05) is 6.07 Å². The van der Waals surface area contributed by atoms with Gasteiger partial charge in [0, 0.05) is 0 Å². The van der Waals surface area contributed by atoms with Gasteiger partial charge in [0.1, 0.15) is 5.75 Å². The predicted molar refractivity (Wildman–Crippen MR) is 60.0 cm³/mol. The quantitative estimate of drug-likeness (QED) is 0.711. The SMILES string of the molecule is Cc1cc(C)c(C)c(OI)c1C. The van der Waals surface area contributed by atoms with Gasteiger partial charge < -0.3 is 3.07 Å². The van der Waals surface area contributed by atoms with Crippen LogP contribution in [0.5, 0.6) is 5.75 Å². The van der Waals surface area contributed by atoms with Crippen LogP contribution in [0.15, 0.2) is 6.07 Å². The number of rotatable bonds is 1. The summed E-state index contributed by atoms with van der Waals surface area (Å²) < 4.78 is 5.31. The van der Waals surface area contributed by atoms with Crippen LogP contribution in [0.3, 0.4) is 0 Å². The first-order valence-corrected chi connectivity index (χ1v) is 4.82. The highest BCUT2D eigenvalue weighted by molar-refractivity contribution is 14.1. The van der Waals surface area contributed by atoms with Crippen molar-refractivity contribution in [3.05, 3.63) is 28.3 Å². The highest BCUT2D eigenvalue weighted by atomic mass is 127. The Morgan fingerprint density at radius 3 is 1.75 bits per heavy atom. The molecule has 12 heavy (non-hydrogen) atoms. The lowest BCUT2D eigenvalue weighted by molar-refractivity contribution is 0.698. The van der Waals surface area contributed by atoms with E-state index in [4.69, 9.17) is 3.07 Å². The van der Waals surface area contributed by atoms with Crippen molar-refractivity contribution < 1.29 is 3.07 Å². The Labute approximate surface area is 87.8 Å². The molecule has 1 rings (SSSR count). The fraction of sp³-hybridized carbons (Fsp3) is 0.400. The molecule has 0 fully saturated rings. The molecule has 0 atom stereocenters. The molecule has 1 nitrogen and oxygen atoms in total. The van der Waals surface area contributed by atoms with Gasteiger partial charge in [-0.05, 0) is 49.9 Å². The molecule has 0 bridgehead atoms. The molecule has 0 unspecified atom stereocenters. The lowest BCUT2D eigenvalue weighted by atomic mass is 10.0. The lowest BCUT2D eigenvalue weighted by Gasteiger charge is -2.11. The zero-order valence-corrected chi connectivity index (χ0v) is 10.0. The van der Waals surface area contributed by atoms with E-state index in [1.165, 1.54) is 22.3 Å². The van der Waals surface area contributed by atoms with E-state index in [1.807, 2.05) is 23.0 Å². The van der Waals surface area contributed by atoms with Crippen LogP contribution in [0.2, 0.25) is 0 Å². The van der Waals surface area contributed by atoms with Gasteiger partial charge in [-0.3, -0.25) is 0 Å². The largest absolute Gasteiger partial charge is 0.427 e. The molecule has 0 saturated heterocycles. The van der Waals surface area contributed by atoms with Crippen molar-refractivity contribution in [2.24, 2.45) is 0 Å². The van der Waals surface area contributed by atoms with Crippen molar-refractivity contribution in [2.75, 3.05) is 0 Å². The highest BCUT2D eigenvalue weighted by Gasteiger charge is 2.08. The van der Waals surface area contributed by atoms with E-state index in [-0.39, 0.29) is 0 Å². The van der Waals surface area contributed by atoms with Gasteiger partial charge in [0.25, 0.3) is 0 Å². The Kier molecular flexibility index (Phi) is 2.99. The minimum absolute atomic E-state index is 1.02. The third-order valence-electron chi connectivity index (χ3n) is 2.37. The second-order valence-electron chi connectivity index (χ2n) is 3.17. The lowest BCUT2D eigenvalue weighted by Crippen LogP contribution is -1.92. The van der Waals surface area contributed by atoms with Crippen molar-refractivity contribution in [1.29, 1.82) is 0 Å². The molecule has 0 aliphatic carbocycles. The second-order valence-corrected chi connectivity index (χ2v) is 3.61. The summed E-state index contributed by atoms with van der Waals surface area (Å²) >= 11 is 1.94. The zero-order chi connectivity index (χ0) is 9.30. The molecule has 66 valence electrons. The van der Waals surface area contributed by atoms with Crippen LogP contribution in [0.4, 0.5) is 0 Å². The van der Waals surface area contributed by atoms with E-state index in [9.17, 15) is 0 Å². The smallest absolute Gasteiger partial charge is 0.192 e. The van der Waals surface area contributed by atoms with Gasteiger partial charge in [-0.25, -0.2) is 0 Å². The van der Waals surface area contributed by atoms with Crippen molar-refractivity contribution in [1.82, 2.24) is 0 Å². The molecule has 0 radical (unpaired) electrons. The first-order valence-electron chi connectivity index (χ1n) is 3.94. The van der Waals surface area contributed by atoms with Crippen molar-refractivity contribution >= 4 is 23.0 Å². The normalized spacial score (nSPS) is 10.1. The third-order valence-corrected chi connectivity index (χ3v) is 2.81. The molecule has 0 spiro atoms. The van der Waals surface area contributed by atoms with E-state index in [2.05, 4.69) is 33.8 Å². The molecule has 2 heteroatoms. The fourth-order valence-electron chi connectivity index (χ4n) is 1.30. The minimum Gasteiger partial charge on any atom is -0.427 e. The highest BCUT2D eigenvalue weighted by Crippen LogP contribution is 2.29. The summed E-state index contributed by atoms with van der Waals surface area (Å²) in [5.41, 5.74) is 5.08. The molecular formula is C10H13IO. The van der Waals surface area contributed by atoms with Crippen LogP contribution >= 0.6 is 23.0 Å². The summed E-state index contributed by atoms with van der Waals surface area (Å²) in [5.74, 6) is 1.02. The van der Waals surface area contributed by atoms with Gasteiger partial charge in [0.2, 0.25) is 0 Å². The second kappa shape index (κ2) is 3.64. The molecule has 0 N–H and O–H groups in total. The van der Waals surface area contributed by atoms with Gasteiger partial charge in [0.15, 0.2) is 23.0 Å². The number of hydrogen-bond donors (Lipinski definition) is 0. The average molecular weight is 276 g/mol. The van der Waals surface area contributed by atoms with Crippen LogP contribution in [0.25, 0.3) is 0 Å². The average Bonchev–Trinajstić information content (AvgIpc) is 2.02. The zero-order valence-electron chi connectivity index (χ0n) is 7.86. The summed E-state index contributed by atoms with van der Waals surface area (Å²) in [6.45, 7) is 8.41. The van der Waals surface area contributed by atoms with Crippen LogP contribution in [-0.2, 0) is 0 Å². The predicted octanol–water partition coefficient (Wildman–Crippen LogP) is 3.65. The Hall–Kier alpha value is -0.250. The Morgan fingerprint density at radius 1 is 1.00 bits per heavy atom. The summed E-state index contributed by atoms with van der Waals surface area (Å²) in [5, 5.41) is 0. The molecule has 0 aliphatic heterocycles. The van der Waals surface area contributed by atoms with Crippen LogP contribution in [0, 0.1) is 27.7 Å². The number of benzene rings is 1. The van der Waals surface area contributed by atoms with Crippen molar-refractivity contribution in [3.8, 4) is 5.75 Å². The van der Waals surface area contributed by atoms with Crippen molar-refractivity contribution in [3.63, 3.8) is 0 Å². The summed E-state index contributed by atoms with van der Waals surface area (Å²) in [6.07, 6.45) is 0. The maximum atomic E-state index is 5.31. The number of aryl methyl sites for hydroxylation is 2. The standard InChI is InChI=1S/C10H13IO/c1-6-5-7(2)9(4)10(12-11)8(6)3/h5H,1-4H3. The molecule has 0 amide bonds. The molecule has 0 saturated carbocycles. The Balaban J connectivity index is 3.42. The van der Waals surface area contributed by atoms with Gasteiger partial charge in [-0.15, -0.1) is 0 Å². The van der Waals surface area contributed by atoms with Crippen molar-refractivity contribution in [2.45, 2.75) is 27.7 Å². The van der Waals surface area contributed by atoms with Crippen LogP contribution < -0.4 is 3.07 Å². The summed E-state index contributed by atoms with van der Waals surface area (Å²) in [6, 6.07) is 2.20. The fourth-order valence-corrected chi connectivity index (χ4v) is 1.96. The number of halogens is 1. The maximum absolute atomic E-state index is 5.31. The summed E-state index contributed by atoms with van der Waals surface area (Å²) in [7, 11) is 0. The van der Waals surface area contributed by atoms with Gasteiger partial charge in [-0.2, -0.15) is 0 Å². The molecule has 0 aliphatic rings. The monoisotopic (exact) mass is 276 g/mol. The van der Waals surface area contributed by atoms with E-state index in [0.29, 0.717) is 0 Å². The van der Waals surface area contributed by atoms with E-state index < -0.39 is 0 Å². The Morgan fingerprint density at radius 2 is 1.42 bits per heavy atom. The van der Waals surface area contributed by atoms with E-state index in [1.54, 1.807) is 0 Å². The summed E-state index contributed by atoms with van der Waals surface area (Å²) in [4.78, 5) is 0. The topological polar surface area (TPSA) is 9.23 Å². The van der Waals surface area contributed by atoms with E-state index >= 15 is 0 Å². The third kappa shape index (κ3) is 1.58. The van der Waals surface area contributed by atoms with Crippen LogP contribution in [-0.4, -0.2) is 0 Å². The molecule has 0 heterocycles. The molecule has 1 aromatic carbocycles. The molecule has 1 aromatic rings. The molecular weight excluding hydrogens is 263 g/mol. The first kappa shape index (κ1) is 9.84. The first-order chi connectivity index (χ1) is 5.57. The maximum Gasteiger partial charge on any atom is 0.192 e. The Bertz CT molecular complexity index is 279. The van der Waals surface area contributed by atoms with Crippen LogP contribution in [0.1, 0.15) is 22.3 Å². The van der Waals surface area contributed by atoms with Gasteiger partial charge >= 0.3 is 0 Å².